The zero-order valence-electron chi connectivity index (χ0n) is 42.2. The van der Waals surface area contributed by atoms with Gasteiger partial charge in [0.15, 0.2) is 0 Å². The Kier molecular flexibility index (Phi) is 8.70. The average Bonchev–Trinajstić information content (AvgIpc) is 3.18. The summed E-state index contributed by atoms with van der Waals surface area (Å²) < 4.78 is 7.86. The molecule has 4 aliphatic rings. The summed E-state index contributed by atoms with van der Waals surface area (Å²) >= 11 is -0.0633. The predicted octanol–water partition coefficient (Wildman–Crippen LogP) is 14.2. The Hall–Kier alpha value is -9.38. The van der Waals surface area contributed by atoms with Gasteiger partial charge in [0.05, 0.1) is 0 Å². The van der Waals surface area contributed by atoms with Crippen molar-refractivity contribution in [3.05, 3.63) is 289 Å². The average molecular weight is 1050 g/mol. The summed E-state index contributed by atoms with van der Waals surface area (Å²) in [7, 11) is 0. The van der Waals surface area contributed by atoms with Crippen molar-refractivity contribution in [2.45, 2.75) is 5.41 Å². The number of nitrogens with zero attached hydrogens (tertiary/aromatic N) is 3. The molecule has 0 saturated heterocycles. The van der Waals surface area contributed by atoms with Gasteiger partial charge in [-0.25, -0.2) is 0 Å². The molecule has 3 nitrogen and oxygen atoms in total. The summed E-state index contributed by atoms with van der Waals surface area (Å²) in [4.78, 5) is 2.69. The van der Waals surface area contributed by atoms with Crippen LogP contribution in [0, 0.1) is 0 Å². The molecule has 2 aliphatic heterocycles. The van der Waals surface area contributed by atoms with Crippen molar-refractivity contribution in [2.24, 2.45) is 0 Å². The molecule has 360 valence electrons. The fourth-order valence-electron chi connectivity index (χ4n) is 14.8. The molecule has 2 aliphatic carbocycles. The number of fused-ring (bicyclic) bond motifs is 20. The van der Waals surface area contributed by atoms with Crippen LogP contribution >= 0.6 is 0 Å². The molecule has 0 atom stereocenters. The van der Waals surface area contributed by atoms with Gasteiger partial charge in [0.2, 0.25) is 0 Å². The molecule has 0 N–H and O–H groups in total. The molecule has 1 spiro atoms. The van der Waals surface area contributed by atoms with Gasteiger partial charge in [-0.15, -0.1) is 0 Å². The van der Waals surface area contributed by atoms with Gasteiger partial charge in [-0.3, -0.25) is 0 Å². The molecule has 0 saturated carbocycles. The summed E-state index contributed by atoms with van der Waals surface area (Å²) in [6, 6.07) is 101. The molecule has 2 aromatic heterocycles. The quantitative estimate of drug-likeness (QED) is 0.160. The zero-order valence-corrected chi connectivity index (χ0v) is 43.9. The van der Waals surface area contributed by atoms with Crippen molar-refractivity contribution in [1.29, 1.82) is 0 Å². The number of aromatic nitrogens is 2. The normalized spacial score (nSPS) is 13.9. The van der Waals surface area contributed by atoms with Gasteiger partial charge in [-0.05, 0) is 0 Å². The third-order valence-electron chi connectivity index (χ3n) is 17.8. The van der Waals surface area contributed by atoms with E-state index in [1.54, 1.807) is 0 Å². The molecule has 0 amide bonds. The maximum atomic E-state index is 2.69. The Morgan fingerprint density at radius 1 is 0.321 bits per heavy atom. The van der Waals surface area contributed by atoms with E-state index in [0.717, 1.165) is 0 Å². The summed E-state index contributed by atoms with van der Waals surface area (Å²) in [6.07, 6.45) is 0. The summed E-state index contributed by atoms with van der Waals surface area (Å²) in [5.41, 5.74) is 27.6. The van der Waals surface area contributed by atoms with Gasteiger partial charge in [0.25, 0.3) is 0 Å². The van der Waals surface area contributed by atoms with Gasteiger partial charge in [0, 0.05) is 0 Å². The summed E-state index contributed by atoms with van der Waals surface area (Å²) in [6.45, 7) is -0.0149. The molecule has 4 heterocycles. The van der Waals surface area contributed by atoms with Crippen LogP contribution in [0.15, 0.2) is 267 Å². The molecule has 12 aromatic carbocycles. The molecular weight excluding hydrogens is 1010 g/mol. The molecule has 0 radical (unpaired) electrons. The first-order valence-corrected chi connectivity index (χ1v) is 28.8. The molecule has 0 unspecified atom stereocenters. The van der Waals surface area contributed by atoms with E-state index in [1.165, 1.54) is 153 Å². The fraction of sp³-hybridized carbons (Fsp3) is 0.0137. The van der Waals surface area contributed by atoms with Gasteiger partial charge < -0.3 is 0 Å². The Bertz CT molecular complexity index is 4780. The first-order valence-electron chi connectivity index (χ1n) is 27.1. The van der Waals surface area contributed by atoms with Gasteiger partial charge in [-0.1, -0.05) is 0 Å². The first-order chi connectivity index (χ1) is 38.7. The van der Waals surface area contributed by atoms with E-state index in [2.05, 4.69) is 281 Å². The van der Waals surface area contributed by atoms with Gasteiger partial charge in [-0.2, -0.15) is 0 Å². The molecule has 0 fully saturated rings. The number of para-hydroxylation sites is 4. The van der Waals surface area contributed by atoms with Crippen LogP contribution in [0.4, 0.5) is 17.1 Å². The second-order valence-corrected chi connectivity index (χ2v) is 23.7. The van der Waals surface area contributed by atoms with Crippen LogP contribution in [0.25, 0.3) is 88.4 Å². The number of benzene rings is 12. The third-order valence-corrected chi connectivity index (χ3v) is 20.1. The van der Waals surface area contributed by atoms with Crippen LogP contribution in [0.1, 0.15) is 22.3 Å². The number of hydrogen-bond donors (Lipinski definition) is 0. The molecule has 14 aromatic rings. The van der Waals surface area contributed by atoms with Gasteiger partial charge in [0.1, 0.15) is 0 Å². The van der Waals surface area contributed by atoms with E-state index in [0.29, 0.717) is 0 Å². The van der Waals surface area contributed by atoms with Crippen LogP contribution < -0.4 is 30.2 Å². The van der Waals surface area contributed by atoms with Crippen molar-refractivity contribution in [1.82, 2.24) is 9.13 Å². The number of rotatable bonds is 4. The monoisotopic (exact) mass is 1050 g/mol. The van der Waals surface area contributed by atoms with E-state index >= 15 is 0 Å². The van der Waals surface area contributed by atoms with Gasteiger partial charge >= 0.3 is 461 Å². The van der Waals surface area contributed by atoms with Crippen LogP contribution in [0.3, 0.4) is 0 Å². The Labute approximate surface area is 458 Å². The minimum absolute atomic E-state index is 0.0149. The Balaban J connectivity index is 0.947. The van der Waals surface area contributed by atoms with E-state index in [1.807, 2.05) is 0 Å². The number of anilines is 3. The first kappa shape index (κ1) is 42.8. The predicted molar refractivity (Wildman–Crippen MR) is 328 cm³/mol. The summed E-state index contributed by atoms with van der Waals surface area (Å²) in [5, 5.41) is 5.08. The van der Waals surface area contributed by atoms with E-state index in [4.69, 9.17) is 0 Å². The van der Waals surface area contributed by atoms with E-state index < -0.39 is 5.41 Å². The molecule has 5 heteroatoms. The maximum absolute atomic E-state index is 2.69. The SMILES string of the molecule is c1ccc(-c2ccc3c(c2)B2c4ccc(-n5c6ccccc6c6ccccc65)cc4[Se]c4cc(-n5c6ccccc6c6ccccc65)cc(c42)N3c2cccc3c2-c2ccccc2C32c3ccccc3-c3ccccc32)cc1. The molecule has 78 heavy (non-hydrogen) atoms. The minimum atomic E-state index is -0.478. The van der Waals surface area contributed by atoms with Crippen LogP contribution in [0.5, 0.6) is 0 Å². The molecule has 18 rings (SSSR count). The molecule has 0 bridgehead atoms. The Morgan fingerprint density at radius 3 is 1.46 bits per heavy atom. The van der Waals surface area contributed by atoms with Crippen LogP contribution in [0.2, 0.25) is 0 Å². The number of hydrogen-bond acceptors (Lipinski definition) is 1. The fourth-order valence-corrected chi connectivity index (χ4v) is 17.4. The van der Waals surface area contributed by atoms with Crippen LogP contribution in [-0.2, 0) is 5.41 Å². The van der Waals surface area contributed by atoms with E-state index in [-0.39, 0.29) is 21.7 Å². The van der Waals surface area contributed by atoms with Crippen molar-refractivity contribution >= 4 is 108 Å². The third kappa shape index (κ3) is 5.54. The van der Waals surface area contributed by atoms with Crippen molar-refractivity contribution in [3.63, 3.8) is 0 Å². The Morgan fingerprint density at radius 2 is 0.833 bits per heavy atom. The van der Waals surface area contributed by atoms with E-state index in [9.17, 15) is 0 Å². The summed E-state index contributed by atoms with van der Waals surface area (Å²) in [5.74, 6) is 0. The standard InChI is InChI=1S/C73H44BN3Se/c1-2-19-45(20-3-1)46-37-40-66-61(41-46)74-60-39-38-47(75-62-32-14-7-23-51(62)52-24-8-15-33-63(52)75)43-69(60)78-70-44-48(76-64-34-16-9-25-53(64)54-26-10-17-35-65(54)76)42-68(72(70)74)77(66)67-36-18-31-59-71(67)55-27-6-13-30-58(55)73(59)56-28-11-4-21-49(56)50-22-5-12-29-57(50)73/h1-44H. The van der Waals surface area contributed by atoms with Crippen molar-refractivity contribution in [3.8, 4) is 44.8 Å². The molecular formula is C73H44BN3Se. The van der Waals surface area contributed by atoms with Crippen molar-refractivity contribution < 1.29 is 0 Å². The van der Waals surface area contributed by atoms with Crippen molar-refractivity contribution in [2.75, 3.05) is 4.90 Å². The second kappa shape index (κ2) is 15.8. The van der Waals surface area contributed by atoms with Crippen LogP contribution in [-0.4, -0.2) is 30.8 Å². The zero-order chi connectivity index (χ0) is 50.8. The topological polar surface area (TPSA) is 13.1 Å². The second-order valence-electron chi connectivity index (χ2n) is 21.4.